The molecule has 0 amide bonds. The largest absolute Gasteiger partial charge is 0.394 e. The molecular weight excluding hydrogens is 444 g/mol. The maximum absolute atomic E-state index is 10.5. The van der Waals surface area contributed by atoms with Crippen LogP contribution >= 0.6 is 0 Å². The highest BCUT2D eigenvalue weighted by atomic mass is 16.7. The maximum atomic E-state index is 10.5. The van der Waals surface area contributed by atoms with E-state index in [1.54, 1.807) is 0 Å². The van der Waals surface area contributed by atoms with Gasteiger partial charge in [0.2, 0.25) is 0 Å². The Balaban J connectivity index is 1.55. The molecule has 0 radical (unpaired) electrons. The Hall–Kier alpha value is -0.480. The summed E-state index contributed by atoms with van der Waals surface area (Å²) in [4.78, 5) is 0. The number of fused-ring (bicyclic) bond motifs is 1. The van der Waals surface area contributed by atoms with E-state index in [0.717, 1.165) is 0 Å². The summed E-state index contributed by atoms with van der Waals surface area (Å²) in [5, 5.41) is 90.9. The van der Waals surface area contributed by atoms with Gasteiger partial charge in [0.15, 0.2) is 6.29 Å². The van der Waals surface area contributed by atoms with Crippen molar-refractivity contribution in [2.24, 2.45) is 11.8 Å². The molecule has 2 saturated heterocycles. The van der Waals surface area contributed by atoms with Gasteiger partial charge in [-0.15, -0.1) is 0 Å². The van der Waals surface area contributed by atoms with Crippen LogP contribution in [0.5, 0.6) is 0 Å². The number of aliphatic hydroxyl groups is 9. The lowest BCUT2D eigenvalue weighted by Crippen LogP contribution is -2.63. The summed E-state index contributed by atoms with van der Waals surface area (Å²) in [5.41, 5.74) is 0. The van der Waals surface area contributed by atoms with E-state index in [1.165, 1.54) is 0 Å². The number of aliphatic hydroxyl groups excluding tert-OH is 9. The summed E-state index contributed by atoms with van der Waals surface area (Å²) in [6.45, 7) is -0.615. The second-order valence-corrected chi connectivity index (χ2v) is 9.90. The zero-order valence-corrected chi connectivity index (χ0v) is 18.2. The topological polar surface area (TPSA) is 210 Å². The van der Waals surface area contributed by atoms with Crippen molar-refractivity contribution in [1.29, 1.82) is 0 Å². The van der Waals surface area contributed by atoms with E-state index in [-0.39, 0.29) is 25.2 Å². The Morgan fingerprint density at radius 3 is 2.06 bits per heavy atom. The van der Waals surface area contributed by atoms with Gasteiger partial charge in [-0.1, -0.05) is 0 Å². The van der Waals surface area contributed by atoms with Gasteiger partial charge < -0.3 is 60.2 Å². The second kappa shape index (κ2) is 10.2. The SMILES string of the molecule is OCC1OC(OC2CC3C(CC(O)C(O)C3O)OC2C2CCC(O)C(O)C2)C(O)C(O)C1O. The van der Waals surface area contributed by atoms with Crippen molar-refractivity contribution in [2.45, 2.75) is 112 Å². The summed E-state index contributed by atoms with van der Waals surface area (Å²) in [6.07, 6.45) is -13.7. The van der Waals surface area contributed by atoms with Crippen molar-refractivity contribution in [2.75, 3.05) is 6.61 Å². The molecule has 2 aliphatic carbocycles. The van der Waals surface area contributed by atoms with Gasteiger partial charge in [-0.05, 0) is 31.6 Å². The fourth-order valence-electron chi connectivity index (χ4n) is 5.75. The quantitative estimate of drug-likeness (QED) is 0.188. The Morgan fingerprint density at radius 1 is 0.667 bits per heavy atom. The van der Waals surface area contributed by atoms with Crippen molar-refractivity contribution in [1.82, 2.24) is 0 Å². The van der Waals surface area contributed by atoms with Crippen LogP contribution < -0.4 is 0 Å². The average Bonchev–Trinajstić information content (AvgIpc) is 2.79. The Kier molecular flexibility index (Phi) is 7.95. The van der Waals surface area contributed by atoms with Crippen LogP contribution in [0.3, 0.4) is 0 Å². The molecule has 33 heavy (non-hydrogen) atoms. The summed E-state index contributed by atoms with van der Waals surface area (Å²) in [6, 6.07) is 0. The van der Waals surface area contributed by atoms with Gasteiger partial charge in [-0.3, -0.25) is 0 Å². The predicted molar refractivity (Wildman–Crippen MR) is 107 cm³/mol. The predicted octanol–water partition coefficient (Wildman–Crippen LogP) is -4.05. The van der Waals surface area contributed by atoms with E-state index in [9.17, 15) is 46.0 Å². The van der Waals surface area contributed by atoms with Crippen LogP contribution in [-0.4, -0.2) is 132 Å². The van der Waals surface area contributed by atoms with Crippen LogP contribution in [0.25, 0.3) is 0 Å². The minimum absolute atomic E-state index is 0.101. The molecule has 0 bridgehead atoms. The maximum Gasteiger partial charge on any atom is 0.187 e. The van der Waals surface area contributed by atoms with Gasteiger partial charge in [0.25, 0.3) is 0 Å². The first-order valence-corrected chi connectivity index (χ1v) is 11.6. The summed E-state index contributed by atoms with van der Waals surface area (Å²) in [5.74, 6) is -0.839. The molecule has 2 aliphatic heterocycles. The van der Waals surface area contributed by atoms with Gasteiger partial charge in [-0.25, -0.2) is 0 Å². The zero-order chi connectivity index (χ0) is 24.0. The van der Waals surface area contributed by atoms with Crippen LogP contribution in [0, 0.1) is 11.8 Å². The average molecular weight is 481 g/mol. The monoisotopic (exact) mass is 480 g/mol. The first-order valence-electron chi connectivity index (χ1n) is 11.6. The smallest absolute Gasteiger partial charge is 0.187 e. The highest BCUT2D eigenvalue weighted by Gasteiger charge is 2.53. The van der Waals surface area contributed by atoms with Crippen LogP contribution in [0.4, 0.5) is 0 Å². The number of rotatable bonds is 4. The van der Waals surface area contributed by atoms with Gasteiger partial charge in [0, 0.05) is 12.3 Å². The van der Waals surface area contributed by atoms with Crippen LogP contribution in [-0.2, 0) is 14.2 Å². The van der Waals surface area contributed by atoms with Gasteiger partial charge in [-0.2, -0.15) is 0 Å². The van der Waals surface area contributed by atoms with Gasteiger partial charge in [0.05, 0.1) is 49.3 Å². The molecule has 15 atom stereocenters. The lowest BCUT2D eigenvalue weighted by Gasteiger charge is -2.52. The lowest BCUT2D eigenvalue weighted by atomic mass is 9.71. The molecule has 2 saturated carbocycles. The van der Waals surface area contributed by atoms with E-state index in [2.05, 4.69) is 0 Å². The van der Waals surface area contributed by atoms with Crippen molar-refractivity contribution in [3.05, 3.63) is 0 Å². The Bertz CT molecular complexity index is 651. The minimum atomic E-state index is -1.62. The van der Waals surface area contributed by atoms with E-state index in [4.69, 9.17) is 14.2 Å². The standard InChI is InChI=1S/C21H36O12/c22-6-14-17(28)18(29)19(30)21(33-14)32-13-4-8-12(5-11(25)16(27)15(8)26)31-20(13)7-1-2-9(23)10(24)3-7/h7-30H,1-6H2. The molecule has 0 aromatic carbocycles. The van der Waals surface area contributed by atoms with E-state index in [1.807, 2.05) is 0 Å². The first kappa shape index (κ1) is 25.6. The molecule has 4 fully saturated rings. The fourth-order valence-corrected chi connectivity index (χ4v) is 5.75. The molecule has 12 heteroatoms. The van der Waals surface area contributed by atoms with Crippen molar-refractivity contribution < 1.29 is 60.2 Å². The third-order valence-corrected chi connectivity index (χ3v) is 7.78. The van der Waals surface area contributed by atoms with E-state index < -0.39 is 92.1 Å². The zero-order valence-electron chi connectivity index (χ0n) is 18.2. The third kappa shape index (κ3) is 4.95. The molecule has 15 unspecified atom stereocenters. The lowest BCUT2D eigenvalue weighted by molar-refractivity contribution is -0.335. The Morgan fingerprint density at radius 2 is 1.39 bits per heavy atom. The molecule has 4 rings (SSSR count). The van der Waals surface area contributed by atoms with E-state index in [0.29, 0.717) is 12.8 Å². The van der Waals surface area contributed by atoms with Crippen LogP contribution in [0.2, 0.25) is 0 Å². The van der Waals surface area contributed by atoms with Crippen molar-refractivity contribution >= 4 is 0 Å². The fraction of sp³-hybridized carbons (Fsp3) is 1.00. The highest BCUT2D eigenvalue weighted by molar-refractivity contribution is 5.01. The molecular formula is C21H36O12. The van der Waals surface area contributed by atoms with Crippen molar-refractivity contribution in [3.63, 3.8) is 0 Å². The van der Waals surface area contributed by atoms with E-state index >= 15 is 0 Å². The minimum Gasteiger partial charge on any atom is -0.394 e. The molecule has 12 nitrogen and oxygen atoms in total. The van der Waals surface area contributed by atoms with Crippen LogP contribution in [0.15, 0.2) is 0 Å². The highest BCUT2D eigenvalue weighted by Crippen LogP contribution is 2.43. The summed E-state index contributed by atoms with van der Waals surface area (Å²) < 4.78 is 17.7. The molecule has 4 aliphatic rings. The number of ether oxygens (including phenoxy) is 3. The first-order chi connectivity index (χ1) is 15.6. The van der Waals surface area contributed by atoms with Crippen molar-refractivity contribution in [3.8, 4) is 0 Å². The molecule has 0 spiro atoms. The summed E-state index contributed by atoms with van der Waals surface area (Å²) in [7, 11) is 0. The second-order valence-electron chi connectivity index (χ2n) is 9.90. The molecule has 2 heterocycles. The Labute approximate surface area is 191 Å². The molecule has 0 aromatic heterocycles. The summed E-state index contributed by atoms with van der Waals surface area (Å²) >= 11 is 0. The molecule has 0 aromatic rings. The third-order valence-electron chi connectivity index (χ3n) is 7.78. The normalized spacial score (nSPS) is 55.7. The van der Waals surface area contributed by atoms with Crippen LogP contribution in [0.1, 0.15) is 32.1 Å². The number of hydrogen-bond acceptors (Lipinski definition) is 12. The molecule has 192 valence electrons. The number of hydrogen-bond donors (Lipinski definition) is 9. The van der Waals surface area contributed by atoms with Gasteiger partial charge >= 0.3 is 0 Å². The van der Waals surface area contributed by atoms with Gasteiger partial charge in [0.1, 0.15) is 30.5 Å². The molecule has 9 N–H and O–H groups in total.